The number of hydrogen-bond donors (Lipinski definition) is 3. The Morgan fingerprint density at radius 1 is 0.970 bits per heavy atom. The summed E-state index contributed by atoms with van der Waals surface area (Å²) < 4.78 is 40.5. The van der Waals surface area contributed by atoms with Crippen LogP contribution < -0.4 is 15.4 Å². The van der Waals surface area contributed by atoms with E-state index in [4.69, 9.17) is 11.6 Å². The van der Waals surface area contributed by atoms with Crippen LogP contribution in [0.5, 0.6) is 0 Å². The van der Waals surface area contributed by atoms with E-state index >= 15 is 0 Å². The van der Waals surface area contributed by atoms with Crippen LogP contribution in [0.2, 0.25) is 5.02 Å². The van der Waals surface area contributed by atoms with E-state index in [0.29, 0.717) is 5.69 Å². The highest BCUT2D eigenvalue weighted by molar-refractivity contribution is 7.92. The molecule has 0 saturated carbocycles. The molecule has 2 amide bonds. The third-order valence-corrected chi connectivity index (χ3v) is 6.60. The van der Waals surface area contributed by atoms with Crippen molar-refractivity contribution in [2.24, 2.45) is 0 Å². The van der Waals surface area contributed by atoms with Crippen molar-refractivity contribution in [2.75, 3.05) is 16.6 Å². The minimum Gasteiger partial charge on any atom is -0.343 e. The Labute approximate surface area is 196 Å². The topological polar surface area (TPSA) is 104 Å². The third-order valence-electron chi connectivity index (χ3n) is 4.89. The van der Waals surface area contributed by atoms with Crippen molar-refractivity contribution in [3.63, 3.8) is 0 Å². The SMILES string of the molecule is Cc1cccc(NC(=O)CNC(=O)c2ccc(Cl)c(NS(=O)(=O)c3ccc(F)cc3)c2)c1C. The number of nitrogens with one attached hydrogen (secondary N) is 3. The summed E-state index contributed by atoms with van der Waals surface area (Å²) in [6.45, 7) is 3.52. The summed E-state index contributed by atoms with van der Waals surface area (Å²) in [6, 6.07) is 13.8. The maximum absolute atomic E-state index is 13.1. The number of amides is 2. The molecule has 0 fully saturated rings. The van der Waals surface area contributed by atoms with Gasteiger partial charge in [-0.1, -0.05) is 23.7 Å². The molecule has 0 heterocycles. The maximum atomic E-state index is 13.1. The number of halogens is 2. The van der Waals surface area contributed by atoms with E-state index in [1.165, 1.54) is 18.2 Å². The lowest BCUT2D eigenvalue weighted by molar-refractivity contribution is -0.115. The van der Waals surface area contributed by atoms with Gasteiger partial charge in [0.05, 0.1) is 22.2 Å². The maximum Gasteiger partial charge on any atom is 0.261 e. The van der Waals surface area contributed by atoms with E-state index in [-0.39, 0.29) is 27.7 Å². The fourth-order valence-electron chi connectivity index (χ4n) is 2.91. The van der Waals surface area contributed by atoms with Gasteiger partial charge >= 0.3 is 0 Å². The number of carbonyl (C=O) groups excluding carboxylic acids is 2. The van der Waals surface area contributed by atoms with E-state index in [1.807, 2.05) is 26.0 Å². The third kappa shape index (κ3) is 6.09. The summed E-state index contributed by atoms with van der Waals surface area (Å²) in [4.78, 5) is 24.6. The van der Waals surface area contributed by atoms with Crippen molar-refractivity contribution in [3.8, 4) is 0 Å². The molecule has 0 unspecified atom stereocenters. The Balaban J connectivity index is 1.68. The monoisotopic (exact) mass is 489 g/mol. The fourth-order valence-corrected chi connectivity index (χ4v) is 4.20. The molecule has 3 rings (SSSR count). The summed E-state index contributed by atoms with van der Waals surface area (Å²) in [5.74, 6) is -1.58. The lowest BCUT2D eigenvalue weighted by Gasteiger charge is -2.12. The first-order valence-electron chi connectivity index (χ1n) is 9.79. The highest BCUT2D eigenvalue weighted by Gasteiger charge is 2.18. The van der Waals surface area contributed by atoms with Crippen LogP contribution >= 0.6 is 11.6 Å². The predicted molar refractivity (Wildman–Crippen MR) is 126 cm³/mol. The predicted octanol–water partition coefficient (Wildman–Crippen LogP) is 4.27. The molecule has 0 bridgehead atoms. The van der Waals surface area contributed by atoms with Gasteiger partial charge in [0.25, 0.3) is 15.9 Å². The smallest absolute Gasteiger partial charge is 0.261 e. The summed E-state index contributed by atoms with van der Waals surface area (Å²) in [5, 5.41) is 5.29. The Kier molecular flexibility index (Phi) is 7.35. The molecule has 3 aromatic rings. The highest BCUT2D eigenvalue weighted by atomic mass is 35.5. The number of hydrogen-bond acceptors (Lipinski definition) is 4. The van der Waals surface area contributed by atoms with Gasteiger partial charge in [-0.05, 0) is 73.5 Å². The number of benzene rings is 3. The lowest BCUT2D eigenvalue weighted by Crippen LogP contribution is -2.33. The zero-order valence-corrected chi connectivity index (χ0v) is 19.4. The molecule has 0 aliphatic carbocycles. The van der Waals surface area contributed by atoms with E-state index in [2.05, 4.69) is 15.4 Å². The Bertz CT molecular complexity index is 1310. The number of rotatable bonds is 7. The van der Waals surface area contributed by atoms with Crippen molar-refractivity contribution in [3.05, 3.63) is 88.2 Å². The minimum atomic E-state index is -4.06. The first-order chi connectivity index (χ1) is 15.6. The van der Waals surface area contributed by atoms with Gasteiger partial charge in [-0.2, -0.15) is 0 Å². The first-order valence-corrected chi connectivity index (χ1v) is 11.6. The van der Waals surface area contributed by atoms with Gasteiger partial charge in [0, 0.05) is 11.3 Å². The molecule has 3 N–H and O–H groups in total. The summed E-state index contributed by atoms with van der Waals surface area (Å²) in [5.41, 5.74) is 2.66. The van der Waals surface area contributed by atoms with Crippen molar-refractivity contribution in [1.29, 1.82) is 0 Å². The van der Waals surface area contributed by atoms with Crippen LogP contribution in [0.15, 0.2) is 65.6 Å². The van der Waals surface area contributed by atoms with Crippen LogP contribution in [0.25, 0.3) is 0 Å². The molecule has 0 radical (unpaired) electrons. The van der Waals surface area contributed by atoms with Crippen LogP contribution in [0.1, 0.15) is 21.5 Å². The number of sulfonamides is 1. The second-order valence-corrected chi connectivity index (χ2v) is 9.32. The molecule has 3 aromatic carbocycles. The van der Waals surface area contributed by atoms with Gasteiger partial charge in [-0.3, -0.25) is 14.3 Å². The molecule has 0 aliphatic heterocycles. The van der Waals surface area contributed by atoms with Gasteiger partial charge in [0.1, 0.15) is 5.82 Å². The van der Waals surface area contributed by atoms with Crippen molar-refractivity contribution < 1.29 is 22.4 Å². The zero-order valence-electron chi connectivity index (χ0n) is 17.8. The van der Waals surface area contributed by atoms with Gasteiger partial charge < -0.3 is 10.6 Å². The quantitative estimate of drug-likeness (QED) is 0.461. The second kappa shape index (κ2) is 10.0. The second-order valence-electron chi connectivity index (χ2n) is 7.23. The summed E-state index contributed by atoms with van der Waals surface area (Å²) in [6.07, 6.45) is 0. The van der Waals surface area contributed by atoms with Gasteiger partial charge in [-0.15, -0.1) is 0 Å². The zero-order chi connectivity index (χ0) is 24.2. The number of carbonyl (C=O) groups is 2. The van der Waals surface area contributed by atoms with E-state index in [0.717, 1.165) is 35.4 Å². The number of anilines is 2. The Morgan fingerprint density at radius 2 is 1.67 bits per heavy atom. The molecule has 7 nitrogen and oxygen atoms in total. The fraction of sp³-hybridized carbons (Fsp3) is 0.130. The van der Waals surface area contributed by atoms with E-state index < -0.39 is 27.7 Å². The molecule has 10 heteroatoms. The average Bonchev–Trinajstić information content (AvgIpc) is 2.77. The number of aryl methyl sites for hydroxylation is 1. The average molecular weight is 490 g/mol. The standard InChI is InChI=1S/C23H21ClFN3O4S/c1-14-4-3-5-20(15(14)2)27-22(29)13-26-23(30)16-6-11-19(24)21(12-16)28-33(31,32)18-9-7-17(25)8-10-18/h3-12,28H,13H2,1-2H3,(H,26,30)(H,27,29). The van der Waals surface area contributed by atoms with Crippen LogP contribution in [0, 0.1) is 19.7 Å². The molecule has 0 atom stereocenters. The molecule has 33 heavy (non-hydrogen) atoms. The van der Waals surface area contributed by atoms with E-state index in [9.17, 15) is 22.4 Å². The van der Waals surface area contributed by atoms with Crippen molar-refractivity contribution >= 4 is 44.8 Å². The van der Waals surface area contributed by atoms with Crippen LogP contribution in [-0.2, 0) is 14.8 Å². The van der Waals surface area contributed by atoms with Gasteiger partial charge in [0.15, 0.2) is 0 Å². The van der Waals surface area contributed by atoms with Crippen molar-refractivity contribution in [2.45, 2.75) is 18.7 Å². The van der Waals surface area contributed by atoms with Gasteiger partial charge in [-0.25, -0.2) is 12.8 Å². The molecule has 0 aromatic heterocycles. The normalized spacial score (nSPS) is 11.0. The Hall–Kier alpha value is -3.43. The molecular weight excluding hydrogens is 469 g/mol. The molecule has 0 aliphatic rings. The van der Waals surface area contributed by atoms with E-state index in [1.54, 1.807) is 6.07 Å². The lowest BCUT2D eigenvalue weighted by atomic mass is 10.1. The largest absolute Gasteiger partial charge is 0.343 e. The van der Waals surface area contributed by atoms with Crippen LogP contribution in [-0.4, -0.2) is 26.8 Å². The molecule has 172 valence electrons. The van der Waals surface area contributed by atoms with Gasteiger partial charge in [0.2, 0.25) is 5.91 Å². The Morgan fingerprint density at radius 3 is 2.36 bits per heavy atom. The summed E-state index contributed by atoms with van der Waals surface area (Å²) >= 11 is 6.08. The summed E-state index contributed by atoms with van der Waals surface area (Å²) in [7, 11) is -4.06. The highest BCUT2D eigenvalue weighted by Crippen LogP contribution is 2.26. The molecule has 0 saturated heterocycles. The van der Waals surface area contributed by atoms with Crippen LogP contribution in [0.3, 0.4) is 0 Å². The first kappa shape index (κ1) is 24.2. The van der Waals surface area contributed by atoms with Crippen LogP contribution in [0.4, 0.5) is 15.8 Å². The molecular formula is C23H21ClFN3O4S. The molecule has 0 spiro atoms. The minimum absolute atomic E-state index is 0.0338. The van der Waals surface area contributed by atoms with Crippen molar-refractivity contribution in [1.82, 2.24) is 5.32 Å².